The van der Waals surface area contributed by atoms with Gasteiger partial charge in [0.15, 0.2) is 0 Å². The molecule has 0 fully saturated rings. The Kier molecular flexibility index (Phi) is 3.82. The number of carbonyl (C=O) groups is 1. The quantitative estimate of drug-likeness (QED) is 0.609. The summed E-state index contributed by atoms with van der Waals surface area (Å²) in [6.07, 6.45) is 0.962. The van der Waals surface area contributed by atoms with Crippen molar-refractivity contribution in [3.05, 3.63) is 36.4 Å². The molecule has 0 N–H and O–H groups in total. The van der Waals surface area contributed by atoms with Gasteiger partial charge in [-0.05, 0) is 30.0 Å². The first-order valence-electron chi connectivity index (χ1n) is 6.04. The second kappa shape index (κ2) is 5.54. The fraction of sp³-hybridized carbons (Fsp3) is 0.267. The van der Waals surface area contributed by atoms with Crippen molar-refractivity contribution in [1.82, 2.24) is 0 Å². The summed E-state index contributed by atoms with van der Waals surface area (Å²) >= 11 is 0. The van der Waals surface area contributed by atoms with Gasteiger partial charge in [-0.2, -0.15) is 0 Å². The molecule has 0 heterocycles. The summed E-state index contributed by atoms with van der Waals surface area (Å²) in [4.78, 5) is 11.1. The molecule has 0 saturated heterocycles. The molecule has 0 saturated carbocycles. The van der Waals surface area contributed by atoms with Crippen LogP contribution >= 0.6 is 0 Å². The summed E-state index contributed by atoms with van der Waals surface area (Å²) in [5.74, 6) is 1.05. The minimum Gasteiger partial charge on any atom is -0.494 e. The van der Waals surface area contributed by atoms with Gasteiger partial charge in [0.1, 0.15) is 11.5 Å². The molecule has 3 heteroatoms. The zero-order valence-electron chi connectivity index (χ0n) is 10.6. The monoisotopic (exact) mass is 244 g/mol. The lowest BCUT2D eigenvalue weighted by atomic mass is 10.1. The fourth-order valence-electron chi connectivity index (χ4n) is 1.78. The summed E-state index contributed by atoms with van der Waals surface area (Å²) in [6.45, 7) is 4.14. The van der Waals surface area contributed by atoms with Gasteiger partial charge in [0.25, 0.3) is 0 Å². The fourth-order valence-corrected chi connectivity index (χ4v) is 1.78. The van der Waals surface area contributed by atoms with Crippen molar-refractivity contribution in [2.45, 2.75) is 20.3 Å². The highest BCUT2D eigenvalue weighted by atomic mass is 16.5. The SMILES string of the molecule is CCCOc1ccc2cccc(OC(C)=O)c2c1. The van der Waals surface area contributed by atoms with Crippen LogP contribution in [0, 0.1) is 0 Å². The zero-order chi connectivity index (χ0) is 13.0. The Hall–Kier alpha value is -2.03. The van der Waals surface area contributed by atoms with Crippen LogP contribution in [0.5, 0.6) is 11.5 Å². The van der Waals surface area contributed by atoms with Gasteiger partial charge in [0, 0.05) is 12.3 Å². The molecule has 94 valence electrons. The maximum atomic E-state index is 11.1. The third-order valence-electron chi connectivity index (χ3n) is 2.54. The average molecular weight is 244 g/mol. The Morgan fingerprint density at radius 2 is 2.06 bits per heavy atom. The van der Waals surface area contributed by atoms with Crippen LogP contribution in [0.25, 0.3) is 10.8 Å². The van der Waals surface area contributed by atoms with Crippen molar-refractivity contribution < 1.29 is 14.3 Å². The molecule has 0 spiro atoms. The summed E-state index contributed by atoms with van der Waals surface area (Å²) in [5.41, 5.74) is 0. The molecular weight excluding hydrogens is 228 g/mol. The van der Waals surface area contributed by atoms with E-state index >= 15 is 0 Å². The van der Waals surface area contributed by atoms with E-state index in [4.69, 9.17) is 9.47 Å². The zero-order valence-corrected chi connectivity index (χ0v) is 10.6. The first-order chi connectivity index (χ1) is 8.70. The van der Waals surface area contributed by atoms with Crippen LogP contribution in [0.1, 0.15) is 20.3 Å². The van der Waals surface area contributed by atoms with Gasteiger partial charge in [0.05, 0.1) is 6.61 Å². The van der Waals surface area contributed by atoms with E-state index in [2.05, 4.69) is 6.92 Å². The van der Waals surface area contributed by atoms with Crippen molar-refractivity contribution in [3.8, 4) is 11.5 Å². The van der Waals surface area contributed by atoms with Crippen molar-refractivity contribution in [2.75, 3.05) is 6.61 Å². The number of esters is 1. The smallest absolute Gasteiger partial charge is 0.308 e. The average Bonchev–Trinajstić information content (AvgIpc) is 2.36. The van der Waals surface area contributed by atoms with Gasteiger partial charge in [-0.25, -0.2) is 0 Å². The van der Waals surface area contributed by atoms with E-state index in [9.17, 15) is 4.79 Å². The Morgan fingerprint density at radius 1 is 1.22 bits per heavy atom. The lowest BCUT2D eigenvalue weighted by Gasteiger charge is -2.09. The molecule has 0 aliphatic carbocycles. The molecule has 2 aromatic carbocycles. The number of hydrogen-bond donors (Lipinski definition) is 0. The minimum absolute atomic E-state index is 0.317. The molecule has 0 aromatic heterocycles. The van der Waals surface area contributed by atoms with E-state index in [1.54, 1.807) is 6.07 Å². The first-order valence-corrected chi connectivity index (χ1v) is 6.04. The van der Waals surface area contributed by atoms with E-state index in [1.165, 1.54) is 6.92 Å². The minimum atomic E-state index is -0.317. The van der Waals surface area contributed by atoms with Crippen LogP contribution in [0.15, 0.2) is 36.4 Å². The number of carbonyl (C=O) groups excluding carboxylic acids is 1. The predicted octanol–water partition coefficient (Wildman–Crippen LogP) is 3.55. The predicted molar refractivity (Wildman–Crippen MR) is 71.0 cm³/mol. The van der Waals surface area contributed by atoms with Gasteiger partial charge in [0.2, 0.25) is 0 Å². The first kappa shape index (κ1) is 12.4. The number of hydrogen-bond acceptors (Lipinski definition) is 3. The standard InChI is InChI=1S/C15H16O3/c1-3-9-17-13-8-7-12-5-4-6-15(14(12)10-13)18-11(2)16/h4-8,10H,3,9H2,1-2H3. The summed E-state index contributed by atoms with van der Waals surface area (Å²) in [7, 11) is 0. The molecule has 18 heavy (non-hydrogen) atoms. The van der Waals surface area contributed by atoms with E-state index < -0.39 is 0 Å². The highest BCUT2D eigenvalue weighted by molar-refractivity contribution is 5.91. The molecule has 0 aliphatic heterocycles. The van der Waals surface area contributed by atoms with Crippen molar-refractivity contribution >= 4 is 16.7 Å². The van der Waals surface area contributed by atoms with Gasteiger partial charge in [-0.15, -0.1) is 0 Å². The van der Waals surface area contributed by atoms with E-state index in [1.807, 2.05) is 30.3 Å². The molecule has 0 bridgehead atoms. The lowest BCUT2D eigenvalue weighted by molar-refractivity contribution is -0.131. The highest BCUT2D eigenvalue weighted by Gasteiger charge is 2.05. The van der Waals surface area contributed by atoms with Gasteiger partial charge in [-0.1, -0.05) is 25.1 Å². The van der Waals surface area contributed by atoms with Crippen molar-refractivity contribution in [2.24, 2.45) is 0 Å². The third kappa shape index (κ3) is 2.80. The van der Waals surface area contributed by atoms with Crippen LogP contribution in [0.4, 0.5) is 0 Å². The maximum Gasteiger partial charge on any atom is 0.308 e. The maximum absolute atomic E-state index is 11.1. The van der Waals surface area contributed by atoms with E-state index in [0.717, 1.165) is 22.9 Å². The molecule has 0 atom stereocenters. The summed E-state index contributed by atoms with van der Waals surface area (Å²) in [5, 5.41) is 1.92. The van der Waals surface area contributed by atoms with Gasteiger partial charge < -0.3 is 9.47 Å². The van der Waals surface area contributed by atoms with E-state index in [-0.39, 0.29) is 5.97 Å². The third-order valence-corrected chi connectivity index (χ3v) is 2.54. The Balaban J connectivity index is 2.41. The number of ether oxygens (including phenoxy) is 2. The lowest BCUT2D eigenvalue weighted by Crippen LogP contribution is -2.02. The molecule has 3 nitrogen and oxygen atoms in total. The second-order valence-electron chi connectivity index (χ2n) is 4.08. The molecule has 2 aromatic rings. The van der Waals surface area contributed by atoms with Crippen LogP contribution in [-0.2, 0) is 4.79 Å². The number of rotatable bonds is 4. The molecule has 0 aliphatic rings. The van der Waals surface area contributed by atoms with E-state index in [0.29, 0.717) is 12.4 Å². The van der Waals surface area contributed by atoms with Crippen molar-refractivity contribution in [3.63, 3.8) is 0 Å². The highest BCUT2D eigenvalue weighted by Crippen LogP contribution is 2.29. The molecule has 2 rings (SSSR count). The Morgan fingerprint density at radius 3 is 2.78 bits per heavy atom. The van der Waals surface area contributed by atoms with Gasteiger partial charge >= 0.3 is 5.97 Å². The molecule has 0 radical (unpaired) electrons. The topological polar surface area (TPSA) is 35.5 Å². The molecule has 0 amide bonds. The number of fused-ring (bicyclic) bond motifs is 1. The van der Waals surface area contributed by atoms with Crippen LogP contribution < -0.4 is 9.47 Å². The second-order valence-corrected chi connectivity index (χ2v) is 4.08. The van der Waals surface area contributed by atoms with Crippen LogP contribution in [-0.4, -0.2) is 12.6 Å². The Labute approximate surface area is 106 Å². The van der Waals surface area contributed by atoms with Crippen molar-refractivity contribution in [1.29, 1.82) is 0 Å². The largest absolute Gasteiger partial charge is 0.494 e. The normalized spacial score (nSPS) is 10.3. The van der Waals surface area contributed by atoms with Crippen LogP contribution in [0.2, 0.25) is 0 Å². The Bertz CT molecular complexity index is 561. The molecule has 0 unspecified atom stereocenters. The van der Waals surface area contributed by atoms with Crippen LogP contribution in [0.3, 0.4) is 0 Å². The summed E-state index contributed by atoms with van der Waals surface area (Å²) in [6, 6.07) is 11.4. The summed E-state index contributed by atoms with van der Waals surface area (Å²) < 4.78 is 10.8. The number of benzene rings is 2. The van der Waals surface area contributed by atoms with Gasteiger partial charge in [-0.3, -0.25) is 4.79 Å². The molecular formula is C15H16O3.